The highest BCUT2D eigenvalue weighted by Crippen LogP contribution is 2.05. The SMILES string of the molecule is CN(Cc1ccccc1)C(=O)CN1CCN(CC(=O)[O-])CCN(CC(=O)[O-])CCN(CC(=O)[O-])CC1. The number of benzene rings is 1. The summed E-state index contributed by atoms with van der Waals surface area (Å²) in [6, 6.07) is 9.56. The summed E-state index contributed by atoms with van der Waals surface area (Å²) in [6.07, 6.45) is 0. The van der Waals surface area contributed by atoms with Crippen LogP contribution >= 0.6 is 0 Å². The summed E-state index contributed by atoms with van der Waals surface area (Å²) >= 11 is 0. The first-order chi connectivity index (χ1) is 17.1. The Morgan fingerprint density at radius 2 is 0.972 bits per heavy atom. The molecule has 0 saturated carbocycles. The fraction of sp³-hybridized carbons (Fsp3) is 0.583. The topological polar surface area (TPSA) is 154 Å². The van der Waals surface area contributed by atoms with Crippen LogP contribution in [0.5, 0.6) is 0 Å². The standard InChI is InChI=1S/C24H37N5O7/c1-25(15-20-5-3-2-4-6-20)21(30)16-26-7-9-27(17-22(31)32)11-13-29(19-24(35)36)14-12-28(10-8-26)18-23(33)34/h2-6H,7-19H2,1H3,(H,31,32)(H,33,34)(H,35,36)/p-3. The summed E-state index contributed by atoms with van der Waals surface area (Å²) in [7, 11) is 1.71. The summed E-state index contributed by atoms with van der Waals surface area (Å²) in [4.78, 5) is 54.9. The number of amides is 1. The molecule has 0 spiro atoms. The molecule has 0 aromatic heterocycles. The zero-order chi connectivity index (χ0) is 26.5. The highest BCUT2D eigenvalue weighted by molar-refractivity contribution is 5.78. The number of hydrogen-bond donors (Lipinski definition) is 0. The number of carboxylic acid groups (broad SMARTS) is 3. The molecule has 0 radical (unpaired) electrons. The van der Waals surface area contributed by atoms with Crippen molar-refractivity contribution in [2.45, 2.75) is 6.54 Å². The van der Waals surface area contributed by atoms with Crippen LogP contribution in [0.2, 0.25) is 0 Å². The molecule has 2 rings (SSSR count). The van der Waals surface area contributed by atoms with Crippen molar-refractivity contribution in [3.05, 3.63) is 35.9 Å². The molecule has 1 aliphatic rings. The fourth-order valence-electron chi connectivity index (χ4n) is 4.02. The normalized spacial score (nSPS) is 17.6. The van der Waals surface area contributed by atoms with E-state index in [0.29, 0.717) is 32.7 Å². The zero-order valence-corrected chi connectivity index (χ0v) is 20.7. The van der Waals surface area contributed by atoms with Gasteiger partial charge in [-0.05, 0) is 5.56 Å². The zero-order valence-electron chi connectivity index (χ0n) is 20.7. The smallest absolute Gasteiger partial charge is 0.236 e. The van der Waals surface area contributed by atoms with Crippen LogP contribution in [0.15, 0.2) is 30.3 Å². The van der Waals surface area contributed by atoms with Gasteiger partial charge in [0.1, 0.15) is 0 Å². The minimum Gasteiger partial charge on any atom is -0.549 e. The van der Waals surface area contributed by atoms with Gasteiger partial charge >= 0.3 is 0 Å². The Balaban J connectivity index is 2.11. The maximum atomic E-state index is 12.9. The molecule has 36 heavy (non-hydrogen) atoms. The molecule has 200 valence electrons. The van der Waals surface area contributed by atoms with Crippen molar-refractivity contribution in [3.63, 3.8) is 0 Å². The fourth-order valence-corrected chi connectivity index (χ4v) is 4.02. The Labute approximate surface area is 211 Å². The highest BCUT2D eigenvalue weighted by atomic mass is 16.4. The average Bonchev–Trinajstić information content (AvgIpc) is 2.80. The van der Waals surface area contributed by atoms with Gasteiger partial charge in [0.25, 0.3) is 0 Å². The predicted molar refractivity (Wildman–Crippen MR) is 124 cm³/mol. The predicted octanol–water partition coefficient (Wildman–Crippen LogP) is -4.88. The van der Waals surface area contributed by atoms with E-state index in [9.17, 15) is 34.5 Å². The second-order valence-corrected chi connectivity index (χ2v) is 8.96. The van der Waals surface area contributed by atoms with E-state index >= 15 is 0 Å². The Morgan fingerprint density at radius 3 is 1.31 bits per heavy atom. The van der Waals surface area contributed by atoms with Gasteiger partial charge in [0.05, 0.1) is 24.5 Å². The second kappa shape index (κ2) is 15.1. The second-order valence-electron chi connectivity index (χ2n) is 8.96. The van der Waals surface area contributed by atoms with Crippen LogP contribution < -0.4 is 15.3 Å². The van der Waals surface area contributed by atoms with Gasteiger partial charge in [0, 0.05) is 85.6 Å². The number of hydrogen-bond acceptors (Lipinski definition) is 11. The van der Waals surface area contributed by atoms with Gasteiger partial charge in [-0.25, -0.2) is 0 Å². The number of rotatable bonds is 10. The Morgan fingerprint density at radius 1 is 0.639 bits per heavy atom. The largest absolute Gasteiger partial charge is 0.549 e. The molecule has 0 bridgehead atoms. The van der Waals surface area contributed by atoms with Gasteiger partial charge in [0.15, 0.2) is 0 Å². The molecule has 1 aliphatic heterocycles. The lowest BCUT2D eigenvalue weighted by atomic mass is 10.2. The summed E-state index contributed by atoms with van der Waals surface area (Å²) in [5, 5.41) is 33.7. The van der Waals surface area contributed by atoms with Crippen LogP contribution in [-0.2, 0) is 25.7 Å². The molecule has 1 aromatic rings. The first-order valence-electron chi connectivity index (χ1n) is 11.9. The summed E-state index contributed by atoms with van der Waals surface area (Å²) in [5.74, 6) is -3.90. The molecule has 1 fully saturated rings. The molecule has 0 N–H and O–H groups in total. The number of nitrogens with zero attached hydrogens (tertiary/aromatic N) is 5. The molecule has 12 heteroatoms. The van der Waals surface area contributed by atoms with Crippen molar-refractivity contribution >= 4 is 23.8 Å². The lowest BCUT2D eigenvalue weighted by Gasteiger charge is -2.34. The van der Waals surface area contributed by atoms with Gasteiger partial charge in [-0.2, -0.15) is 0 Å². The Kier molecular flexibility index (Phi) is 12.3. The molecular formula is C24H34N5O7-3. The molecular weight excluding hydrogens is 470 g/mol. The molecule has 1 amide bonds. The van der Waals surface area contributed by atoms with E-state index in [1.54, 1.807) is 26.6 Å². The van der Waals surface area contributed by atoms with E-state index in [-0.39, 0.29) is 58.3 Å². The van der Waals surface area contributed by atoms with Gasteiger partial charge in [0.2, 0.25) is 5.91 Å². The number of carbonyl (C=O) groups is 4. The first-order valence-corrected chi connectivity index (χ1v) is 11.9. The first kappa shape index (κ1) is 29.2. The molecule has 0 atom stereocenters. The number of aliphatic carboxylic acids is 3. The molecule has 1 heterocycles. The van der Waals surface area contributed by atoms with E-state index < -0.39 is 17.9 Å². The van der Waals surface area contributed by atoms with E-state index in [0.717, 1.165) is 5.56 Å². The molecule has 12 nitrogen and oxygen atoms in total. The molecule has 0 aliphatic carbocycles. The van der Waals surface area contributed by atoms with E-state index in [1.165, 1.54) is 0 Å². The van der Waals surface area contributed by atoms with Gasteiger partial charge in [-0.15, -0.1) is 0 Å². The van der Waals surface area contributed by atoms with Crippen LogP contribution in [0.3, 0.4) is 0 Å². The highest BCUT2D eigenvalue weighted by Gasteiger charge is 2.20. The van der Waals surface area contributed by atoms with Crippen LogP contribution in [0, 0.1) is 0 Å². The maximum Gasteiger partial charge on any atom is 0.236 e. The minimum atomic E-state index is -1.27. The lowest BCUT2D eigenvalue weighted by molar-refractivity contribution is -0.308. The van der Waals surface area contributed by atoms with Crippen molar-refractivity contribution in [1.82, 2.24) is 24.5 Å². The minimum absolute atomic E-state index is 0.0818. The third-order valence-electron chi connectivity index (χ3n) is 6.04. The third kappa shape index (κ3) is 11.6. The van der Waals surface area contributed by atoms with E-state index in [4.69, 9.17) is 0 Å². The lowest BCUT2D eigenvalue weighted by Crippen LogP contribution is -2.52. The van der Waals surface area contributed by atoms with Crippen molar-refractivity contribution in [2.24, 2.45) is 0 Å². The van der Waals surface area contributed by atoms with E-state index in [2.05, 4.69) is 0 Å². The van der Waals surface area contributed by atoms with Crippen LogP contribution in [0.25, 0.3) is 0 Å². The molecule has 1 saturated heterocycles. The van der Waals surface area contributed by atoms with Crippen molar-refractivity contribution in [2.75, 3.05) is 85.6 Å². The van der Waals surface area contributed by atoms with Gasteiger partial charge < -0.3 is 34.6 Å². The van der Waals surface area contributed by atoms with Crippen molar-refractivity contribution < 1.29 is 34.5 Å². The number of carbonyl (C=O) groups excluding carboxylic acids is 4. The Bertz CT molecular complexity index is 838. The summed E-state index contributed by atoms with van der Waals surface area (Å²) < 4.78 is 0. The average molecular weight is 505 g/mol. The van der Waals surface area contributed by atoms with Gasteiger partial charge in [-0.3, -0.25) is 24.4 Å². The number of likely N-dealkylation sites (N-methyl/N-ethyl adjacent to an activating group) is 1. The molecule has 1 aromatic carbocycles. The quantitative estimate of drug-likeness (QED) is 0.301. The molecule has 0 unspecified atom stereocenters. The van der Waals surface area contributed by atoms with Crippen LogP contribution in [-0.4, -0.2) is 134 Å². The van der Waals surface area contributed by atoms with E-state index in [1.807, 2.05) is 35.2 Å². The summed E-state index contributed by atoms with van der Waals surface area (Å²) in [6.45, 7) is 1.87. The van der Waals surface area contributed by atoms with Crippen LogP contribution in [0.4, 0.5) is 0 Å². The van der Waals surface area contributed by atoms with Crippen molar-refractivity contribution in [1.29, 1.82) is 0 Å². The maximum absolute atomic E-state index is 12.9. The van der Waals surface area contributed by atoms with Crippen molar-refractivity contribution in [3.8, 4) is 0 Å². The number of carboxylic acids is 3. The monoisotopic (exact) mass is 504 g/mol. The Hall–Kier alpha value is -3.06. The third-order valence-corrected chi connectivity index (χ3v) is 6.04. The van der Waals surface area contributed by atoms with Crippen LogP contribution in [0.1, 0.15) is 5.56 Å². The van der Waals surface area contributed by atoms with Gasteiger partial charge in [-0.1, -0.05) is 30.3 Å². The summed E-state index contributed by atoms with van der Waals surface area (Å²) in [5.41, 5.74) is 0.989.